The third-order valence-electron chi connectivity index (χ3n) is 8.35. The molecule has 1 atom stereocenters. The van der Waals surface area contributed by atoms with Crippen LogP contribution in [0.2, 0.25) is 0 Å². The van der Waals surface area contributed by atoms with Gasteiger partial charge in [-0.3, -0.25) is 0 Å². The first-order chi connectivity index (χ1) is 18.7. The topological polar surface area (TPSA) is 0 Å². The van der Waals surface area contributed by atoms with E-state index in [1.54, 1.807) is 15.3 Å². The van der Waals surface area contributed by atoms with E-state index in [0.717, 1.165) is 5.25 Å². The van der Waals surface area contributed by atoms with Gasteiger partial charge in [-0.15, -0.1) is 45.8 Å². The number of hydrogen-bond donors (Lipinski definition) is 0. The van der Waals surface area contributed by atoms with E-state index in [2.05, 4.69) is 55.9 Å². The summed E-state index contributed by atoms with van der Waals surface area (Å²) in [5.41, 5.74) is 1.61. The van der Waals surface area contributed by atoms with Gasteiger partial charge in [-0.25, -0.2) is 0 Å². The third kappa shape index (κ3) is 5.85. The Labute approximate surface area is 245 Å². The van der Waals surface area contributed by atoms with Crippen molar-refractivity contribution < 1.29 is 0 Å². The Balaban J connectivity index is 1.16. The molecule has 0 N–H and O–H groups in total. The quantitative estimate of drug-likeness (QED) is 0.118. The molecule has 4 heteroatoms. The molecular formula is C34H42S4. The predicted molar refractivity (Wildman–Crippen MR) is 179 cm³/mol. The lowest BCUT2D eigenvalue weighted by atomic mass is 10.0. The zero-order valence-electron chi connectivity index (χ0n) is 23.2. The minimum atomic E-state index is 0.794. The molecule has 0 radical (unpaired) electrons. The Hall–Kier alpha value is -1.07. The van der Waals surface area contributed by atoms with Crippen molar-refractivity contribution in [3.63, 3.8) is 0 Å². The van der Waals surface area contributed by atoms with Gasteiger partial charge in [0.1, 0.15) is 0 Å². The molecule has 1 aliphatic heterocycles. The summed E-state index contributed by atoms with van der Waals surface area (Å²) in [5, 5.41) is 5.24. The molecule has 0 amide bonds. The fourth-order valence-corrected chi connectivity index (χ4v) is 11.5. The summed E-state index contributed by atoms with van der Waals surface area (Å²) in [6.07, 6.45) is 20.6. The second-order valence-corrected chi connectivity index (χ2v) is 16.1. The fourth-order valence-electron chi connectivity index (χ4n) is 6.17. The lowest BCUT2D eigenvalue weighted by molar-refractivity contribution is 0.582. The second kappa shape index (κ2) is 12.6. The van der Waals surface area contributed by atoms with Crippen LogP contribution in [0.5, 0.6) is 0 Å². The zero-order valence-corrected chi connectivity index (χ0v) is 26.5. The fraction of sp³-hybridized carbons (Fsp3) is 0.529. The molecule has 202 valence electrons. The van der Waals surface area contributed by atoms with Crippen LogP contribution in [0.15, 0.2) is 35.2 Å². The van der Waals surface area contributed by atoms with Crippen molar-refractivity contribution in [2.45, 2.75) is 120 Å². The summed E-state index contributed by atoms with van der Waals surface area (Å²) >= 11 is 8.26. The van der Waals surface area contributed by atoms with Gasteiger partial charge in [0.25, 0.3) is 0 Å². The van der Waals surface area contributed by atoms with Crippen LogP contribution < -0.4 is 0 Å². The molecule has 5 aromatic rings. The van der Waals surface area contributed by atoms with E-state index in [1.807, 2.05) is 34.0 Å². The van der Waals surface area contributed by atoms with Gasteiger partial charge in [0.15, 0.2) is 0 Å². The smallest absolute Gasteiger partial charge is 0.0542 e. The summed E-state index contributed by atoms with van der Waals surface area (Å²) in [4.78, 5) is 3.14. The van der Waals surface area contributed by atoms with E-state index in [0.29, 0.717) is 0 Å². The first-order valence-electron chi connectivity index (χ1n) is 15.2. The first-order valence-corrected chi connectivity index (χ1v) is 18.6. The molecule has 38 heavy (non-hydrogen) atoms. The molecule has 0 bridgehead atoms. The normalized spacial score (nSPS) is 15.6. The highest BCUT2D eigenvalue weighted by atomic mass is 32.2. The molecule has 4 heterocycles. The molecule has 0 nitrogen and oxygen atoms in total. The Morgan fingerprint density at radius 3 is 2.05 bits per heavy atom. The van der Waals surface area contributed by atoms with Crippen molar-refractivity contribution in [2.24, 2.45) is 0 Å². The number of hydrogen-bond acceptors (Lipinski definition) is 4. The van der Waals surface area contributed by atoms with Gasteiger partial charge in [-0.2, -0.15) is 0 Å². The Morgan fingerprint density at radius 1 is 0.632 bits per heavy atom. The molecule has 3 aromatic heterocycles. The second-order valence-electron chi connectivity index (χ2n) is 11.4. The molecule has 0 aliphatic carbocycles. The number of benzene rings is 2. The highest BCUT2D eigenvalue weighted by Crippen LogP contribution is 2.49. The SMILES string of the molecule is CCCCCCCCc1cc2cc3c(cc2s1)sc1c2cc4c(cc2sc31)SC(CCCCCCCC)C4. The number of unbranched alkanes of at least 4 members (excludes halogenated alkanes) is 10. The van der Waals surface area contributed by atoms with Crippen molar-refractivity contribution in [2.75, 3.05) is 0 Å². The van der Waals surface area contributed by atoms with E-state index >= 15 is 0 Å². The van der Waals surface area contributed by atoms with Crippen LogP contribution in [-0.2, 0) is 12.8 Å². The molecule has 2 aromatic carbocycles. The largest absolute Gasteiger partial charge is 0.140 e. The maximum Gasteiger partial charge on any atom is 0.0542 e. The maximum atomic E-state index is 2.56. The number of aryl methyl sites for hydroxylation is 1. The number of fused-ring (bicyclic) bond motifs is 7. The van der Waals surface area contributed by atoms with Crippen LogP contribution in [0.1, 0.15) is 108 Å². The minimum Gasteiger partial charge on any atom is -0.140 e. The highest BCUT2D eigenvalue weighted by molar-refractivity contribution is 8.00. The molecule has 1 aliphatic rings. The predicted octanol–water partition coefficient (Wildman–Crippen LogP) is 13.2. The van der Waals surface area contributed by atoms with Crippen molar-refractivity contribution in [3.05, 3.63) is 40.8 Å². The Kier molecular flexibility index (Phi) is 9.01. The van der Waals surface area contributed by atoms with Crippen LogP contribution in [-0.4, -0.2) is 5.25 Å². The van der Waals surface area contributed by atoms with Crippen molar-refractivity contribution >= 4 is 85.4 Å². The molecule has 0 fully saturated rings. The van der Waals surface area contributed by atoms with Crippen LogP contribution in [0.3, 0.4) is 0 Å². The van der Waals surface area contributed by atoms with Crippen molar-refractivity contribution in [1.29, 1.82) is 0 Å². The van der Waals surface area contributed by atoms with Gasteiger partial charge in [-0.05, 0) is 67.0 Å². The number of rotatable bonds is 14. The van der Waals surface area contributed by atoms with Crippen LogP contribution in [0.4, 0.5) is 0 Å². The number of thioether (sulfide) groups is 1. The van der Waals surface area contributed by atoms with E-state index in [9.17, 15) is 0 Å². The molecule has 1 unspecified atom stereocenters. The van der Waals surface area contributed by atoms with Crippen LogP contribution in [0, 0.1) is 0 Å². The van der Waals surface area contributed by atoms with Gasteiger partial charge in [0, 0.05) is 39.9 Å². The average molecular weight is 579 g/mol. The average Bonchev–Trinajstić information content (AvgIpc) is 3.66. The van der Waals surface area contributed by atoms with E-state index in [4.69, 9.17) is 0 Å². The van der Waals surface area contributed by atoms with Gasteiger partial charge < -0.3 is 0 Å². The maximum absolute atomic E-state index is 2.56. The molecule has 0 saturated carbocycles. The number of thiophene rings is 3. The molecule has 6 rings (SSSR count). The van der Waals surface area contributed by atoms with Gasteiger partial charge in [-0.1, -0.05) is 84.5 Å². The van der Waals surface area contributed by atoms with Gasteiger partial charge in [0.2, 0.25) is 0 Å². The minimum absolute atomic E-state index is 0.794. The Morgan fingerprint density at radius 2 is 1.29 bits per heavy atom. The van der Waals surface area contributed by atoms with Crippen LogP contribution >= 0.6 is 45.8 Å². The zero-order chi connectivity index (χ0) is 25.9. The summed E-state index contributed by atoms with van der Waals surface area (Å²) in [7, 11) is 0. The lowest BCUT2D eigenvalue weighted by Gasteiger charge is -2.07. The molecular weight excluding hydrogens is 537 g/mol. The summed E-state index contributed by atoms with van der Waals surface area (Å²) in [6.45, 7) is 4.60. The first kappa shape index (κ1) is 27.1. The van der Waals surface area contributed by atoms with E-state index < -0.39 is 0 Å². The van der Waals surface area contributed by atoms with Gasteiger partial charge >= 0.3 is 0 Å². The summed E-state index contributed by atoms with van der Waals surface area (Å²) < 4.78 is 7.49. The van der Waals surface area contributed by atoms with E-state index in [-0.39, 0.29) is 0 Å². The monoisotopic (exact) mass is 578 g/mol. The Bertz CT molecular complexity index is 1510. The summed E-state index contributed by atoms with van der Waals surface area (Å²) in [5.74, 6) is 0. The highest BCUT2D eigenvalue weighted by Gasteiger charge is 2.24. The van der Waals surface area contributed by atoms with Crippen LogP contribution in [0.25, 0.3) is 39.7 Å². The van der Waals surface area contributed by atoms with Crippen molar-refractivity contribution in [1.82, 2.24) is 0 Å². The van der Waals surface area contributed by atoms with Gasteiger partial charge in [0.05, 0.1) is 9.40 Å². The standard InChI is InChI=1S/C34H42S4/c1-3-5-7-9-11-13-15-25-17-23-19-27-31(21-29(23)35-25)37-34-28-20-24-18-26(16-14-12-10-8-6-4-2)36-30(24)22-32(28)38-33(27)34/h17,19-22,26H,3-16,18H2,1-2H3. The summed E-state index contributed by atoms with van der Waals surface area (Å²) in [6, 6.07) is 12.6. The van der Waals surface area contributed by atoms with Crippen molar-refractivity contribution in [3.8, 4) is 0 Å². The third-order valence-corrected chi connectivity index (χ3v) is 13.4. The molecule has 0 spiro atoms. The molecule has 0 saturated heterocycles. The van der Waals surface area contributed by atoms with E-state index in [1.165, 1.54) is 136 Å². The lowest BCUT2D eigenvalue weighted by Crippen LogP contribution is -2.00.